The topological polar surface area (TPSA) is 22.1 Å². The van der Waals surface area contributed by atoms with Crippen LogP contribution in [0.25, 0.3) is 11.3 Å². The van der Waals surface area contributed by atoms with E-state index in [1.165, 1.54) is 4.88 Å². The number of nitrogens with zero attached hydrogens (tertiary/aromatic N) is 1. The van der Waals surface area contributed by atoms with E-state index in [9.17, 15) is 0 Å². The third-order valence-electron chi connectivity index (χ3n) is 2.53. The van der Waals surface area contributed by atoms with Crippen molar-refractivity contribution in [2.45, 2.75) is 27.2 Å². The Kier molecular flexibility index (Phi) is 3.79. The van der Waals surface area contributed by atoms with Gasteiger partial charge in [0, 0.05) is 16.9 Å². The number of rotatable bonds is 0. The van der Waals surface area contributed by atoms with Crippen LogP contribution in [-0.4, -0.2) is 11.6 Å². The van der Waals surface area contributed by atoms with E-state index in [1.807, 2.05) is 32.0 Å². The molecule has 0 amide bonds. The first-order valence-corrected chi connectivity index (χ1v) is 6.85. The molecule has 0 unspecified atom stereocenters. The summed E-state index contributed by atoms with van der Waals surface area (Å²) < 4.78 is 5.70. The predicted molar refractivity (Wildman–Crippen MR) is 72.8 cm³/mol. The molecule has 0 radical (unpaired) electrons. The number of hydrogen-bond acceptors (Lipinski definition) is 3. The number of fused-ring (bicyclic) bond motifs is 3. The van der Waals surface area contributed by atoms with Gasteiger partial charge in [0.2, 0.25) is 0 Å². The molecule has 3 rings (SSSR count). The van der Waals surface area contributed by atoms with Gasteiger partial charge >= 0.3 is 0 Å². The second-order valence-corrected chi connectivity index (χ2v) is 4.89. The van der Waals surface area contributed by atoms with Crippen LogP contribution in [0, 0.1) is 6.92 Å². The first-order chi connectivity index (χ1) is 8.34. The maximum absolute atomic E-state index is 5.70. The van der Waals surface area contributed by atoms with Crippen LogP contribution in [0.4, 0.5) is 0 Å². The molecule has 2 heterocycles. The Labute approximate surface area is 106 Å². The zero-order valence-corrected chi connectivity index (χ0v) is 11.3. The third-order valence-corrected chi connectivity index (χ3v) is 3.56. The van der Waals surface area contributed by atoms with E-state index < -0.39 is 0 Å². The average Bonchev–Trinajstić information content (AvgIpc) is 2.65. The summed E-state index contributed by atoms with van der Waals surface area (Å²) in [7, 11) is 0. The molecule has 0 bridgehead atoms. The lowest BCUT2D eigenvalue weighted by Gasteiger charge is -2.05. The summed E-state index contributed by atoms with van der Waals surface area (Å²) in [6.45, 7) is 6.81. The van der Waals surface area contributed by atoms with Gasteiger partial charge in [-0.3, -0.25) is 0 Å². The minimum absolute atomic E-state index is 0.756. The molecule has 3 heteroatoms. The van der Waals surface area contributed by atoms with Gasteiger partial charge in [0.1, 0.15) is 5.75 Å². The largest absolute Gasteiger partial charge is 0.493 e. The van der Waals surface area contributed by atoms with Crippen LogP contribution in [0.3, 0.4) is 0 Å². The molecule has 2 nitrogen and oxygen atoms in total. The molecular formula is C14H17NOS. The standard InChI is InChI=1S/C12H11NOS.C2H6/c1-8-13-12-9-4-2-3-5-10(9)14-7-6-11(12)15-8;1-2/h2-5H,6-7H2,1H3;1-2H3. The average molecular weight is 247 g/mol. The Hall–Kier alpha value is -1.35. The van der Waals surface area contributed by atoms with E-state index in [2.05, 4.69) is 18.0 Å². The van der Waals surface area contributed by atoms with Crippen LogP contribution < -0.4 is 4.74 Å². The van der Waals surface area contributed by atoms with E-state index >= 15 is 0 Å². The van der Waals surface area contributed by atoms with Crippen LogP contribution in [-0.2, 0) is 6.42 Å². The molecule has 17 heavy (non-hydrogen) atoms. The highest BCUT2D eigenvalue weighted by Gasteiger charge is 2.18. The maximum atomic E-state index is 5.70. The lowest BCUT2D eigenvalue weighted by Crippen LogP contribution is -1.97. The zero-order chi connectivity index (χ0) is 12.3. The highest BCUT2D eigenvalue weighted by Crippen LogP contribution is 2.36. The maximum Gasteiger partial charge on any atom is 0.128 e. The number of benzene rings is 1. The zero-order valence-electron chi connectivity index (χ0n) is 10.5. The Morgan fingerprint density at radius 3 is 2.82 bits per heavy atom. The second kappa shape index (κ2) is 5.32. The Morgan fingerprint density at radius 2 is 2.00 bits per heavy atom. The molecule has 90 valence electrons. The van der Waals surface area contributed by atoms with Crippen molar-refractivity contribution < 1.29 is 4.74 Å². The quantitative estimate of drug-likeness (QED) is 0.700. The highest BCUT2D eigenvalue weighted by molar-refractivity contribution is 7.12. The second-order valence-electron chi connectivity index (χ2n) is 3.60. The lowest BCUT2D eigenvalue weighted by molar-refractivity contribution is 0.327. The number of aryl methyl sites for hydroxylation is 1. The van der Waals surface area contributed by atoms with Gasteiger partial charge in [0.05, 0.1) is 17.3 Å². The molecule has 2 aromatic rings. The smallest absolute Gasteiger partial charge is 0.128 e. The molecule has 0 spiro atoms. The summed E-state index contributed by atoms with van der Waals surface area (Å²) in [5.74, 6) is 0.960. The van der Waals surface area contributed by atoms with Crippen LogP contribution in [0.15, 0.2) is 24.3 Å². The monoisotopic (exact) mass is 247 g/mol. The summed E-state index contributed by atoms with van der Waals surface area (Å²) in [5, 5.41) is 1.14. The molecule has 0 N–H and O–H groups in total. The van der Waals surface area contributed by atoms with Gasteiger partial charge < -0.3 is 4.74 Å². The summed E-state index contributed by atoms with van der Waals surface area (Å²) in [4.78, 5) is 5.94. The molecule has 1 aromatic heterocycles. The fourth-order valence-electron chi connectivity index (χ4n) is 1.89. The fourth-order valence-corrected chi connectivity index (χ4v) is 2.82. The first-order valence-electron chi connectivity index (χ1n) is 6.03. The van der Waals surface area contributed by atoms with Crippen molar-refractivity contribution in [2.75, 3.05) is 6.61 Å². The van der Waals surface area contributed by atoms with Gasteiger partial charge in [-0.1, -0.05) is 26.0 Å². The summed E-state index contributed by atoms with van der Waals surface area (Å²) in [6.07, 6.45) is 0.968. The highest BCUT2D eigenvalue weighted by atomic mass is 32.1. The number of thiazole rings is 1. The minimum Gasteiger partial charge on any atom is -0.493 e. The van der Waals surface area contributed by atoms with Crippen molar-refractivity contribution in [3.05, 3.63) is 34.2 Å². The van der Waals surface area contributed by atoms with Crippen LogP contribution in [0.1, 0.15) is 23.7 Å². The molecule has 0 saturated heterocycles. The fraction of sp³-hybridized carbons (Fsp3) is 0.357. The normalized spacial score (nSPS) is 12.4. The van der Waals surface area contributed by atoms with Crippen LogP contribution in [0.5, 0.6) is 5.75 Å². The summed E-state index contributed by atoms with van der Waals surface area (Å²) in [6, 6.07) is 8.13. The lowest BCUT2D eigenvalue weighted by atomic mass is 10.1. The van der Waals surface area contributed by atoms with Crippen LogP contribution in [0.2, 0.25) is 0 Å². The van der Waals surface area contributed by atoms with Crippen molar-refractivity contribution in [3.8, 4) is 17.0 Å². The minimum atomic E-state index is 0.756. The first kappa shape index (κ1) is 12.1. The predicted octanol–water partition coefficient (Wildman–Crippen LogP) is 4.08. The van der Waals surface area contributed by atoms with Crippen molar-refractivity contribution in [3.63, 3.8) is 0 Å². The van der Waals surface area contributed by atoms with E-state index in [0.29, 0.717) is 0 Å². The molecule has 1 aromatic carbocycles. The Balaban J connectivity index is 0.000000514. The third kappa shape index (κ3) is 2.34. The molecular weight excluding hydrogens is 230 g/mol. The Bertz CT molecular complexity index is 505. The molecule has 1 aliphatic rings. The SMILES string of the molecule is CC.Cc1nc2c(s1)CCOc1ccccc1-2. The molecule has 0 atom stereocenters. The van der Waals surface area contributed by atoms with Crippen molar-refractivity contribution >= 4 is 11.3 Å². The van der Waals surface area contributed by atoms with E-state index in [1.54, 1.807) is 11.3 Å². The summed E-state index contributed by atoms with van der Waals surface area (Å²) >= 11 is 1.78. The van der Waals surface area contributed by atoms with Gasteiger partial charge in [0.25, 0.3) is 0 Å². The number of hydrogen-bond donors (Lipinski definition) is 0. The van der Waals surface area contributed by atoms with Gasteiger partial charge in [-0.25, -0.2) is 4.98 Å². The number of aromatic nitrogens is 1. The number of ether oxygens (including phenoxy) is 1. The van der Waals surface area contributed by atoms with Gasteiger partial charge in [-0.2, -0.15) is 0 Å². The van der Waals surface area contributed by atoms with Crippen LogP contribution >= 0.6 is 11.3 Å². The van der Waals surface area contributed by atoms with E-state index in [4.69, 9.17) is 4.74 Å². The number of para-hydroxylation sites is 1. The van der Waals surface area contributed by atoms with Gasteiger partial charge in [-0.05, 0) is 19.1 Å². The van der Waals surface area contributed by atoms with Crippen molar-refractivity contribution in [2.24, 2.45) is 0 Å². The van der Waals surface area contributed by atoms with Gasteiger partial charge in [0.15, 0.2) is 0 Å². The van der Waals surface area contributed by atoms with Crippen molar-refractivity contribution in [1.29, 1.82) is 0 Å². The molecule has 1 aliphatic heterocycles. The van der Waals surface area contributed by atoms with E-state index in [0.717, 1.165) is 35.0 Å². The molecule has 0 fully saturated rings. The molecule has 0 aliphatic carbocycles. The van der Waals surface area contributed by atoms with Gasteiger partial charge in [-0.15, -0.1) is 11.3 Å². The molecule has 0 saturated carbocycles. The van der Waals surface area contributed by atoms with Crippen molar-refractivity contribution in [1.82, 2.24) is 4.98 Å². The summed E-state index contributed by atoms with van der Waals surface area (Å²) in [5.41, 5.74) is 2.25. The Morgan fingerprint density at radius 1 is 1.24 bits per heavy atom. The van der Waals surface area contributed by atoms with E-state index in [-0.39, 0.29) is 0 Å².